The number of nitriles is 1. The van der Waals surface area contributed by atoms with E-state index in [1.54, 1.807) is 4.90 Å². The molecule has 1 aromatic rings. The Morgan fingerprint density at radius 3 is 2.54 bits per heavy atom. The van der Waals surface area contributed by atoms with Crippen molar-refractivity contribution in [1.82, 2.24) is 4.90 Å². The van der Waals surface area contributed by atoms with Gasteiger partial charge in [-0.3, -0.25) is 4.90 Å². The van der Waals surface area contributed by atoms with Crippen LogP contribution in [0.1, 0.15) is 63.1 Å². The van der Waals surface area contributed by atoms with Crippen molar-refractivity contribution in [2.24, 2.45) is 0 Å². The van der Waals surface area contributed by atoms with E-state index in [1.165, 1.54) is 6.07 Å². The highest BCUT2D eigenvalue weighted by Crippen LogP contribution is 2.40. The quantitative estimate of drug-likeness (QED) is 0.632. The fraction of sp³-hybridized carbons (Fsp3) is 0.524. The molecule has 1 amide bonds. The molecule has 0 spiro atoms. The van der Waals surface area contributed by atoms with E-state index in [4.69, 9.17) is 4.74 Å². The zero-order valence-corrected chi connectivity index (χ0v) is 16.1. The van der Waals surface area contributed by atoms with Gasteiger partial charge in [0.1, 0.15) is 5.60 Å². The van der Waals surface area contributed by atoms with Gasteiger partial charge in [-0.05, 0) is 69.7 Å². The van der Waals surface area contributed by atoms with Gasteiger partial charge in [-0.2, -0.15) is 18.4 Å². The largest absolute Gasteiger partial charge is 0.444 e. The molecular weight excluding hydrogens is 369 g/mol. The first-order valence-electron chi connectivity index (χ1n) is 9.33. The standard InChI is InChI=1S/C21H23F3N2O2/c1-20(2,3)28-19(27)26-16-5-4-6-17(26)11-13(10-16)18-8-7-15(21(22,23)24)9-14(18)12-25/h7-10,16-17H,4-6,11H2,1-3H3. The third-order valence-corrected chi connectivity index (χ3v) is 5.05. The summed E-state index contributed by atoms with van der Waals surface area (Å²) in [6, 6.07) is 4.90. The first kappa shape index (κ1) is 20.2. The van der Waals surface area contributed by atoms with Gasteiger partial charge < -0.3 is 4.74 Å². The summed E-state index contributed by atoms with van der Waals surface area (Å²) in [4.78, 5) is 14.4. The molecule has 0 aliphatic carbocycles. The summed E-state index contributed by atoms with van der Waals surface area (Å²) in [6.07, 6.45) is 0.0763. The summed E-state index contributed by atoms with van der Waals surface area (Å²) >= 11 is 0. The highest BCUT2D eigenvalue weighted by atomic mass is 19.4. The molecule has 2 bridgehead atoms. The first-order chi connectivity index (χ1) is 13.0. The van der Waals surface area contributed by atoms with Crippen molar-refractivity contribution in [2.45, 2.75) is 70.3 Å². The van der Waals surface area contributed by atoms with Crippen LogP contribution in [0.2, 0.25) is 0 Å². The van der Waals surface area contributed by atoms with E-state index in [1.807, 2.05) is 32.9 Å². The van der Waals surface area contributed by atoms with Crippen molar-refractivity contribution in [3.05, 3.63) is 41.0 Å². The minimum atomic E-state index is -4.49. The lowest BCUT2D eigenvalue weighted by Gasteiger charge is -2.45. The second-order valence-corrected chi connectivity index (χ2v) is 8.31. The molecule has 2 unspecified atom stereocenters. The van der Waals surface area contributed by atoms with Crippen LogP contribution in [-0.2, 0) is 10.9 Å². The molecule has 3 rings (SSSR count). The molecule has 2 aliphatic rings. The van der Waals surface area contributed by atoms with Gasteiger partial charge in [-0.1, -0.05) is 12.1 Å². The lowest BCUT2D eigenvalue weighted by atomic mass is 9.82. The molecular formula is C21H23F3N2O2. The second-order valence-electron chi connectivity index (χ2n) is 8.31. The van der Waals surface area contributed by atoms with E-state index >= 15 is 0 Å². The Hall–Kier alpha value is -2.49. The van der Waals surface area contributed by atoms with Crippen molar-refractivity contribution in [2.75, 3.05) is 0 Å². The monoisotopic (exact) mass is 392 g/mol. The van der Waals surface area contributed by atoms with Gasteiger partial charge in [0.15, 0.2) is 0 Å². The number of halogens is 3. The smallest absolute Gasteiger partial charge is 0.416 e. The number of amides is 1. The molecule has 0 aromatic heterocycles. The molecule has 1 fully saturated rings. The molecule has 2 aliphatic heterocycles. The van der Waals surface area contributed by atoms with Crippen LogP contribution in [0.5, 0.6) is 0 Å². The average Bonchev–Trinajstić information content (AvgIpc) is 2.57. The summed E-state index contributed by atoms with van der Waals surface area (Å²) in [6.45, 7) is 5.44. The van der Waals surface area contributed by atoms with Crippen LogP contribution >= 0.6 is 0 Å². The summed E-state index contributed by atoms with van der Waals surface area (Å²) in [7, 11) is 0. The Morgan fingerprint density at radius 1 is 1.25 bits per heavy atom. The van der Waals surface area contributed by atoms with Crippen LogP contribution < -0.4 is 0 Å². The minimum absolute atomic E-state index is 0.00451. The molecule has 2 heterocycles. The minimum Gasteiger partial charge on any atom is -0.444 e. The number of benzene rings is 1. The van der Waals surface area contributed by atoms with E-state index in [0.717, 1.165) is 37.0 Å². The number of nitrogens with zero attached hydrogens (tertiary/aromatic N) is 2. The fourth-order valence-corrected chi connectivity index (χ4v) is 3.92. The molecule has 7 heteroatoms. The molecule has 0 radical (unpaired) electrons. The molecule has 0 N–H and O–H groups in total. The Kier molecular flexibility index (Phi) is 5.18. The lowest BCUT2D eigenvalue weighted by molar-refractivity contribution is -0.137. The van der Waals surface area contributed by atoms with Crippen LogP contribution in [0.15, 0.2) is 24.3 Å². The number of ether oxygens (including phenoxy) is 1. The summed E-state index contributed by atoms with van der Waals surface area (Å²) in [5, 5.41) is 9.38. The summed E-state index contributed by atoms with van der Waals surface area (Å²) in [5.41, 5.74) is -0.0998. The van der Waals surface area contributed by atoms with Crippen LogP contribution in [0.3, 0.4) is 0 Å². The Bertz CT molecular complexity index is 847. The van der Waals surface area contributed by atoms with Crippen LogP contribution in [0.4, 0.5) is 18.0 Å². The van der Waals surface area contributed by atoms with Crippen molar-refractivity contribution >= 4 is 11.7 Å². The van der Waals surface area contributed by atoms with Crippen LogP contribution in [-0.4, -0.2) is 28.7 Å². The van der Waals surface area contributed by atoms with Gasteiger partial charge in [0.2, 0.25) is 0 Å². The lowest BCUT2D eigenvalue weighted by Crippen LogP contribution is -2.53. The predicted octanol–water partition coefficient (Wildman–Crippen LogP) is 5.52. The van der Waals surface area contributed by atoms with E-state index < -0.39 is 17.3 Å². The van der Waals surface area contributed by atoms with Crippen molar-refractivity contribution in [3.63, 3.8) is 0 Å². The summed E-state index contributed by atoms with van der Waals surface area (Å²) < 4.78 is 44.4. The number of carbonyl (C=O) groups excluding carboxylic acids is 1. The normalized spacial score (nSPS) is 22.3. The third kappa shape index (κ3) is 4.16. The van der Waals surface area contributed by atoms with Gasteiger partial charge in [0, 0.05) is 6.04 Å². The second kappa shape index (κ2) is 7.16. The van der Waals surface area contributed by atoms with Crippen molar-refractivity contribution in [3.8, 4) is 6.07 Å². The first-order valence-corrected chi connectivity index (χ1v) is 9.33. The molecule has 1 aromatic carbocycles. The van der Waals surface area contributed by atoms with Crippen LogP contribution in [0.25, 0.3) is 5.57 Å². The zero-order chi connectivity index (χ0) is 20.7. The maximum absolute atomic E-state index is 13.0. The fourth-order valence-electron chi connectivity index (χ4n) is 3.92. The highest BCUT2D eigenvalue weighted by Gasteiger charge is 2.40. The number of alkyl halides is 3. The molecule has 28 heavy (non-hydrogen) atoms. The van der Waals surface area contributed by atoms with Gasteiger partial charge in [0.05, 0.1) is 23.2 Å². The maximum atomic E-state index is 13.0. The Labute approximate surface area is 162 Å². The number of hydrogen-bond donors (Lipinski definition) is 0. The van der Waals surface area contributed by atoms with E-state index in [2.05, 4.69) is 0 Å². The Balaban J connectivity index is 1.94. The van der Waals surface area contributed by atoms with Gasteiger partial charge in [0.25, 0.3) is 0 Å². The van der Waals surface area contributed by atoms with E-state index in [-0.39, 0.29) is 23.7 Å². The Morgan fingerprint density at radius 2 is 1.96 bits per heavy atom. The van der Waals surface area contributed by atoms with E-state index in [0.29, 0.717) is 12.0 Å². The van der Waals surface area contributed by atoms with Gasteiger partial charge in [-0.25, -0.2) is 4.79 Å². The molecule has 2 atom stereocenters. The highest BCUT2D eigenvalue weighted by molar-refractivity contribution is 5.77. The maximum Gasteiger partial charge on any atom is 0.416 e. The van der Waals surface area contributed by atoms with E-state index in [9.17, 15) is 23.2 Å². The number of carbonyl (C=O) groups is 1. The van der Waals surface area contributed by atoms with Crippen LogP contribution in [0, 0.1) is 11.3 Å². The molecule has 4 nitrogen and oxygen atoms in total. The van der Waals surface area contributed by atoms with Crippen molar-refractivity contribution in [1.29, 1.82) is 5.26 Å². The third-order valence-electron chi connectivity index (χ3n) is 5.05. The zero-order valence-electron chi connectivity index (χ0n) is 16.1. The number of fused-ring (bicyclic) bond motifs is 2. The number of piperidine rings is 1. The number of hydrogen-bond acceptors (Lipinski definition) is 3. The number of rotatable bonds is 1. The van der Waals surface area contributed by atoms with Gasteiger partial charge >= 0.3 is 12.3 Å². The topological polar surface area (TPSA) is 53.3 Å². The van der Waals surface area contributed by atoms with Crippen molar-refractivity contribution < 1.29 is 22.7 Å². The molecule has 150 valence electrons. The SMILES string of the molecule is CC(C)(C)OC(=O)N1C2C=C(c3ccc(C(F)(F)F)cc3C#N)CC1CCC2. The predicted molar refractivity (Wildman–Crippen MR) is 98.3 cm³/mol. The molecule has 1 saturated heterocycles. The average molecular weight is 392 g/mol. The molecule has 0 saturated carbocycles. The summed E-state index contributed by atoms with van der Waals surface area (Å²) in [5.74, 6) is 0. The van der Waals surface area contributed by atoms with Gasteiger partial charge in [-0.15, -0.1) is 0 Å².